The van der Waals surface area contributed by atoms with Crippen LogP contribution in [0.5, 0.6) is 0 Å². The lowest BCUT2D eigenvalue weighted by Crippen LogP contribution is -2.47. The van der Waals surface area contributed by atoms with E-state index in [1.165, 1.54) is 0 Å². The molecule has 1 N–H and O–H groups in total. The average molecular weight is 287 g/mol. The average Bonchev–Trinajstić information content (AvgIpc) is 2.48. The minimum absolute atomic E-state index is 0.223. The van der Waals surface area contributed by atoms with E-state index >= 15 is 0 Å². The summed E-state index contributed by atoms with van der Waals surface area (Å²) in [5.41, 5.74) is -0.392. The molecule has 0 radical (unpaired) electrons. The molecular weight excluding hydrogens is 266 g/mol. The van der Waals surface area contributed by atoms with Gasteiger partial charge < -0.3 is 10.2 Å². The van der Waals surface area contributed by atoms with E-state index in [9.17, 15) is 9.59 Å². The van der Waals surface area contributed by atoms with E-state index in [0.29, 0.717) is 24.3 Å². The standard InChI is InChI=1S/C16H21N3O2/c1-5-19(6-2)15(21)16(3,4)14(20)18-13-10-8-7-9-12(13)11-17/h7-10H,5-6H2,1-4H3,(H,18,20). The van der Waals surface area contributed by atoms with Crippen molar-refractivity contribution in [3.63, 3.8) is 0 Å². The second-order valence-electron chi connectivity index (χ2n) is 5.21. The topological polar surface area (TPSA) is 73.2 Å². The second-order valence-corrected chi connectivity index (χ2v) is 5.21. The van der Waals surface area contributed by atoms with Crippen LogP contribution in [0, 0.1) is 16.7 Å². The van der Waals surface area contributed by atoms with Gasteiger partial charge in [-0.25, -0.2) is 0 Å². The monoisotopic (exact) mass is 287 g/mol. The van der Waals surface area contributed by atoms with Crippen molar-refractivity contribution in [3.05, 3.63) is 29.8 Å². The number of nitrogens with zero attached hydrogens (tertiary/aromatic N) is 2. The fourth-order valence-electron chi connectivity index (χ4n) is 1.97. The number of rotatable bonds is 5. The van der Waals surface area contributed by atoms with E-state index in [1.54, 1.807) is 43.0 Å². The molecule has 5 heteroatoms. The molecule has 0 spiro atoms. The van der Waals surface area contributed by atoms with Gasteiger partial charge in [0.25, 0.3) is 0 Å². The summed E-state index contributed by atoms with van der Waals surface area (Å²) in [5.74, 6) is -0.637. The molecule has 0 bridgehead atoms. The first-order chi connectivity index (χ1) is 9.88. The van der Waals surface area contributed by atoms with Gasteiger partial charge in [0, 0.05) is 13.1 Å². The van der Waals surface area contributed by atoms with E-state index in [4.69, 9.17) is 5.26 Å². The highest BCUT2D eigenvalue weighted by molar-refractivity contribution is 6.10. The third-order valence-corrected chi connectivity index (χ3v) is 3.45. The van der Waals surface area contributed by atoms with Gasteiger partial charge in [-0.1, -0.05) is 12.1 Å². The lowest BCUT2D eigenvalue weighted by atomic mass is 9.90. The Kier molecular flexibility index (Phi) is 5.48. The second kappa shape index (κ2) is 6.89. The molecule has 0 aliphatic heterocycles. The van der Waals surface area contributed by atoms with Crippen LogP contribution in [0.3, 0.4) is 0 Å². The molecule has 2 amide bonds. The van der Waals surface area contributed by atoms with Crippen LogP contribution in [0.4, 0.5) is 5.69 Å². The van der Waals surface area contributed by atoms with E-state index in [0.717, 1.165) is 0 Å². The summed E-state index contributed by atoms with van der Waals surface area (Å²) in [6.07, 6.45) is 0. The largest absolute Gasteiger partial charge is 0.342 e. The number of hydrogen-bond acceptors (Lipinski definition) is 3. The van der Waals surface area contributed by atoms with Crippen molar-refractivity contribution in [2.75, 3.05) is 18.4 Å². The van der Waals surface area contributed by atoms with Crippen molar-refractivity contribution < 1.29 is 9.59 Å². The molecule has 0 atom stereocenters. The highest BCUT2D eigenvalue weighted by Crippen LogP contribution is 2.23. The quantitative estimate of drug-likeness (QED) is 0.845. The summed E-state index contributed by atoms with van der Waals surface area (Å²) in [6.45, 7) is 8.05. The Balaban J connectivity index is 2.97. The molecule has 1 aromatic carbocycles. The van der Waals surface area contributed by atoms with Crippen molar-refractivity contribution in [2.24, 2.45) is 5.41 Å². The van der Waals surface area contributed by atoms with Crippen molar-refractivity contribution >= 4 is 17.5 Å². The number of benzene rings is 1. The fourth-order valence-corrected chi connectivity index (χ4v) is 1.97. The number of carbonyl (C=O) groups is 2. The zero-order chi connectivity index (χ0) is 16.0. The Labute approximate surface area is 125 Å². The number of para-hydroxylation sites is 1. The zero-order valence-electron chi connectivity index (χ0n) is 12.9. The lowest BCUT2D eigenvalue weighted by molar-refractivity contribution is -0.146. The van der Waals surface area contributed by atoms with Crippen LogP contribution in [0.1, 0.15) is 33.3 Å². The first kappa shape index (κ1) is 16.7. The van der Waals surface area contributed by atoms with E-state index in [-0.39, 0.29) is 5.91 Å². The Bertz CT molecular complexity index is 569. The van der Waals surface area contributed by atoms with Gasteiger partial charge in [0.2, 0.25) is 11.8 Å². The van der Waals surface area contributed by atoms with E-state index in [1.807, 2.05) is 19.9 Å². The SMILES string of the molecule is CCN(CC)C(=O)C(C)(C)C(=O)Nc1ccccc1C#N. The van der Waals surface area contributed by atoms with Gasteiger partial charge in [-0.3, -0.25) is 9.59 Å². The molecule has 0 saturated heterocycles. The Hall–Kier alpha value is -2.35. The molecular formula is C16H21N3O2. The molecule has 112 valence electrons. The van der Waals surface area contributed by atoms with Crippen LogP contribution in [0.2, 0.25) is 0 Å². The van der Waals surface area contributed by atoms with Crippen LogP contribution in [-0.2, 0) is 9.59 Å². The minimum atomic E-state index is -1.19. The summed E-state index contributed by atoms with van der Waals surface area (Å²) in [4.78, 5) is 26.4. The van der Waals surface area contributed by atoms with Gasteiger partial charge in [0.15, 0.2) is 0 Å². The van der Waals surface area contributed by atoms with Crippen LogP contribution in [0.15, 0.2) is 24.3 Å². The van der Waals surface area contributed by atoms with E-state index < -0.39 is 11.3 Å². The smallest absolute Gasteiger partial charge is 0.239 e. The number of hydrogen-bond donors (Lipinski definition) is 1. The summed E-state index contributed by atoms with van der Waals surface area (Å²) in [7, 11) is 0. The van der Waals surface area contributed by atoms with Crippen molar-refractivity contribution in [3.8, 4) is 6.07 Å². The van der Waals surface area contributed by atoms with Crippen LogP contribution in [0.25, 0.3) is 0 Å². The number of amides is 2. The van der Waals surface area contributed by atoms with Crippen LogP contribution >= 0.6 is 0 Å². The van der Waals surface area contributed by atoms with Crippen molar-refractivity contribution in [1.82, 2.24) is 4.90 Å². The Morgan fingerprint density at radius 1 is 1.24 bits per heavy atom. The Morgan fingerprint density at radius 3 is 2.33 bits per heavy atom. The molecule has 0 aliphatic rings. The number of nitrogens with one attached hydrogen (secondary N) is 1. The van der Waals surface area contributed by atoms with Crippen LogP contribution < -0.4 is 5.32 Å². The molecule has 0 aromatic heterocycles. The third kappa shape index (κ3) is 3.60. The molecule has 0 fully saturated rings. The van der Waals surface area contributed by atoms with Gasteiger partial charge in [0.05, 0.1) is 11.3 Å². The predicted octanol–water partition coefficient (Wildman–Crippen LogP) is 2.39. The number of carbonyl (C=O) groups excluding carboxylic acids is 2. The maximum atomic E-state index is 12.4. The minimum Gasteiger partial charge on any atom is -0.342 e. The lowest BCUT2D eigenvalue weighted by Gasteiger charge is -2.29. The van der Waals surface area contributed by atoms with Gasteiger partial charge in [-0.2, -0.15) is 5.26 Å². The first-order valence-corrected chi connectivity index (χ1v) is 6.98. The number of nitriles is 1. The van der Waals surface area contributed by atoms with Gasteiger partial charge in [-0.15, -0.1) is 0 Å². The highest BCUT2D eigenvalue weighted by Gasteiger charge is 2.38. The van der Waals surface area contributed by atoms with Gasteiger partial charge >= 0.3 is 0 Å². The summed E-state index contributed by atoms with van der Waals surface area (Å²) in [5, 5.41) is 11.7. The van der Waals surface area contributed by atoms with E-state index in [2.05, 4.69) is 5.32 Å². The maximum absolute atomic E-state index is 12.4. The van der Waals surface area contributed by atoms with Crippen molar-refractivity contribution in [1.29, 1.82) is 5.26 Å². The summed E-state index contributed by atoms with van der Waals surface area (Å²) in [6, 6.07) is 8.74. The molecule has 1 aromatic rings. The predicted molar refractivity (Wildman–Crippen MR) is 81.5 cm³/mol. The first-order valence-electron chi connectivity index (χ1n) is 6.98. The summed E-state index contributed by atoms with van der Waals surface area (Å²) < 4.78 is 0. The molecule has 1 rings (SSSR count). The molecule has 5 nitrogen and oxygen atoms in total. The molecule has 0 aliphatic carbocycles. The maximum Gasteiger partial charge on any atom is 0.239 e. The molecule has 0 heterocycles. The third-order valence-electron chi connectivity index (χ3n) is 3.45. The van der Waals surface area contributed by atoms with Gasteiger partial charge in [0.1, 0.15) is 11.5 Å². The highest BCUT2D eigenvalue weighted by atomic mass is 16.2. The normalized spacial score (nSPS) is 10.6. The number of anilines is 1. The fraction of sp³-hybridized carbons (Fsp3) is 0.438. The molecule has 0 unspecified atom stereocenters. The van der Waals surface area contributed by atoms with Crippen LogP contribution in [-0.4, -0.2) is 29.8 Å². The zero-order valence-corrected chi connectivity index (χ0v) is 12.9. The summed E-state index contributed by atoms with van der Waals surface area (Å²) >= 11 is 0. The Morgan fingerprint density at radius 2 is 1.81 bits per heavy atom. The van der Waals surface area contributed by atoms with Crippen molar-refractivity contribution in [2.45, 2.75) is 27.7 Å². The molecule has 0 saturated carbocycles. The van der Waals surface area contributed by atoms with Gasteiger partial charge in [-0.05, 0) is 39.8 Å². The molecule has 21 heavy (non-hydrogen) atoms.